The molecule has 0 radical (unpaired) electrons. The topological polar surface area (TPSA) is 86.8 Å². The number of halogens is 1. The first-order valence-electron chi connectivity index (χ1n) is 10.7. The van der Waals surface area contributed by atoms with Crippen LogP contribution in [0.5, 0.6) is 0 Å². The summed E-state index contributed by atoms with van der Waals surface area (Å²) in [5.74, 6) is -1.19. The van der Waals surface area contributed by atoms with Crippen molar-refractivity contribution in [1.29, 1.82) is 0 Å². The zero-order valence-electron chi connectivity index (χ0n) is 19.8. The Morgan fingerprint density at radius 2 is 1.79 bits per heavy atom. The van der Waals surface area contributed by atoms with E-state index in [0.29, 0.717) is 11.3 Å². The number of sulfonamides is 1. The van der Waals surface area contributed by atoms with Gasteiger partial charge in [0.05, 0.1) is 11.9 Å². The Bertz CT molecular complexity index is 1100. The zero-order valence-corrected chi connectivity index (χ0v) is 20.6. The third kappa shape index (κ3) is 7.02. The third-order valence-electron chi connectivity index (χ3n) is 5.50. The van der Waals surface area contributed by atoms with E-state index in [4.69, 9.17) is 0 Å². The van der Waals surface area contributed by atoms with Crippen molar-refractivity contribution in [2.75, 3.05) is 24.2 Å². The summed E-state index contributed by atoms with van der Waals surface area (Å²) in [5.41, 5.74) is 2.62. The average Bonchev–Trinajstić information content (AvgIpc) is 2.76. The molecule has 2 rings (SSSR count). The second-order valence-electron chi connectivity index (χ2n) is 8.13. The lowest BCUT2D eigenvalue weighted by Gasteiger charge is -2.29. The lowest BCUT2D eigenvalue weighted by atomic mass is 10.1. The molecule has 0 saturated heterocycles. The highest BCUT2D eigenvalue weighted by Crippen LogP contribution is 2.24. The standard InChI is InChI=1S/C24H32FN3O4S/c1-17-12-13-18(2)22(15-17)28(33(5,31)32)14-8-11-23(29)27(19(3)24(30)26-4)16-20-9-6-7-10-21(20)25/h6-7,9-10,12-13,15,19H,8,11,14,16H2,1-5H3,(H,26,30). The zero-order chi connectivity index (χ0) is 24.8. The lowest BCUT2D eigenvalue weighted by Crippen LogP contribution is -2.47. The monoisotopic (exact) mass is 477 g/mol. The molecule has 1 N–H and O–H groups in total. The average molecular weight is 478 g/mol. The van der Waals surface area contributed by atoms with E-state index in [9.17, 15) is 22.4 Å². The molecule has 2 aromatic rings. The molecule has 180 valence electrons. The number of rotatable bonds is 10. The van der Waals surface area contributed by atoms with Gasteiger partial charge >= 0.3 is 0 Å². The van der Waals surface area contributed by atoms with Crippen LogP contribution in [0.25, 0.3) is 0 Å². The van der Waals surface area contributed by atoms with Gasteiger partial charge in [-0.25, -0.2) is 12.8 Å². The number of carbonyl (C=O) groups is 2. The lowest BCUT2D eigenvalue weighted by molar-refractivity contribution is -0.140. The number of carbonyl (C=O) groups excluding carboxylic acids is 2. The fourth-order valence-corrected chi connectivity index (χ4v) is 4.59. The largest absolute Gasteiger partial charge is 0.357 e. The first-order valence-corrected chi connectivity index (χ1v) is 12.6. The molecule has 33 heavy (non-hydrogen) atoms. The van der Waals surface area contributed by atoms with Crippen molar-refractivity contribution in [2.24, 2.45) is 0 Å². The van der Waals surface area contributed by atoms with Crippen molar-refractivity contribution < 1.29 is 22.4 Å². The van der Waals surface area contributed by atoms with Crippen molar-refractivity contribution in [1.82, 2.24) is 10.2 Å². The second kappa shape index (κ2) is 11.3. The summed E-state index contributed by atoms with van der Waals surface area (Å²) < 4.78 is 40.4. The minimum absolute atomic E-state index is 0.00662. The van der Waals surface area contributed by atoms with E-state index in [1.54, 1.807) is 31.2 Å². The van der Waals surface area contributed by atoms with Crippen molar-refractivity contribution in [3.63, 3.8) is 0 Å². The Balaban J connectivity index is 2.19. The summed E-state index contributed by atoms with van der Waals surface area (Å²) in [5, 5.41) is 2.51. The van der Waals surface area contributed by atoms with E-state index in [2.05, 4.69) is 5.32 Å². The molecule has 2 aromatic carbocycles. The molecule has 0 aliphatic carbocycles. The number of hydrogen-bond donors (Lipinski definition) is 1. The molecule has 0 bridgehead atoms. The highest BCUT2D eigenvalue weighted by Gasteiger charge is 2.27. The van der Waals surface area contributed by atoms with Crippen molar-refractivity contribution in [3.8, 4) is 0 Å². The number of hydrogen-bond acceptors (Lipinski definition) is 4. The van der Waals surface area contributed by atoms with Crippen molar-refractivity contribution in [3.05, 3.63) is 65.0 Å². The predicted molar refractivity (Wildman–Crippen MR) is 128 cm³/mol. The summed E-state index contributed by atoms with van der Waals surface area (Å²) in [6.45, 7) is 5.34. The van der Waals surface area contributed by atoms with Gasteiger partial charge in [0.1, 0.15) is 11.9 Å². The van der Waals surface area contributed by atoms with Gasteiger partial charge in [0.2, 0.25) is 21.8 Å². The molecule has 1 unspecified atom stereocenters. The molecule has 7 nitrogen and oxygen atoms in total. The number of likely N-dealkylation sites (N-methyl/N-ethyl adjacent to an activating group) is 1. The van der Waals surface area contributed by atoms with Crippen LogP contribution in [0, 0.1) is 19.7 Å². The van der Waals surface area contributed by atoms with Crippen LogP contribution < -0.4 is 9.62 Å². The quantitative estimate of drug-likeness (QED) is 0.570. The Hall–Kier alpha value is -2.94. The molecule has 1 atom stereocenters. The Morgan fingerprint density at radius 3 is 2.39 bits per heavy atom. The number of benzene rings is 2. The van der Waals surface area contributed by atoms with Gasteiger partial charge in [-0.3, -0.25) is 13.9 Å². The van der Waals surface area contributed by atoms with Crippen LogP contribution in [-0.2, 0) is 26.2 Å². The molecule has 0 fully saturated rings. The van der Waals surface area contributed by atoms with Gasteiger partial charge < -0.3 is 10.2 Å². The van der Waals surface area contributed by atoms with Crippen LogP contribution in [0.2, 0.25) is 0 Å². The van der Waals surface area contributed by atoms with E-state index < -0.39 is 21.9 Å². The van der Waals surface area contributed by atoms with E-state index in [1.165, 1.54) is 22.3 Å². The summed E-state index contributed by atoms with van der Waals surface area (Å²) in [6, 6.07) is 10.8. The van der Waals surface area contributed by atoms with E-state index in [-0.39, 0.29) is 37.7 Å². The third-order valence-corrected chi connectivity index (χ3v) is 6.68. The maximum absolute atomic E-state index is 14.2. The van der Waals surface area contributed by atoms with E-state index >= 15 is 0 Å². The maximum Gasteiger partial charge on any atom is 0.242 e. The normalized spacial score (nSPS) is 12.2. The van der Waals surface area contributed by atoms with Crippen LogP contribution in [0.1, 0.15) is 36.5 Å². The van der Waals surface area contributed by atoms with Crippen molar-refractivity contribution >= 4 is 27.5 Å². The molecular formula is C24H32FN3O4S. The van der Waals surface area contributed by atoms with Gasteiger partial charge in [0, 0.05) is 32.1 Å². The van der Waals surface area contributed by atoms with E-state index in [0.717, 1.165) is 17.4 Å². The minimum atomic E-state index is -3.57. The van der Waals surface area contributed by atoms with Gasteiger partial charge in [-0.1, -0.05) is 30.3 Å². The molecule has 0 spiro atoms. The first-order chi connectivity index (χ1) is 15.5. The molecule has 2 amide bonds. The fourth-order valence-electron chi connectivity index (χ4n) is 3.57. The van der Waals surface area contributed by atoms with Gasteiger partial charge in [0.15, 0.2) is 0 Å². The number of nitrogens with zero attached hydrogens (tertiary/aromatic N) is 2. The number of anilines is 1. The van der Waals surface area contributed by atoms with Gasteiger partial charge in [-0.15, -0.1) is 0 Å². The van der Waals surface area contributed by atoms with Crippen LogP contribution in [-0.4, -0.2) is 51.0 Å². The summed E-state index contributed by atoms with van der Waals surface area (Å²) >= 11 is 0. The molecule has 0 aliphatic heterocycles. The second-order valence-corrected chi connectivity index (χ2v) is 10.0. The molecule has 0 saturated carbocycles. The van der Waals surface area contributed by atoms with Gasteiger partial charge in [-0.05, 0) is 50.5 Å². The highest BCUT2D eigenvalue weighted by molar-refractivity contribution is 7.92. The highest BCUT2D eigenvalue weighted by atomic mass is 32.2. The number of amides is 2. The fraction of sp³-hybridized carbons (Fsp3) is 0.417. The van der Waals surface area contributed by atoms with Gasteiger partial charge in [-0.2, -0.15) is 0 Å². The Kier molecular flexibility index (Phi) is 8.99. The van der Waals surface area contributed by atoms with Crippen LogP contribution >= 0.6 is 0 Å². The van der Waals surface area contributed by atoms with Crippen LogP contribution in [0.15, 0.2) is 42.5 Å². The van der Waals surface area contributed by atoms with E-state index in [1.807, 2.05) is 26.0 Å². The molecule has 0 aliphatic rings. The summed E-state index contributed by atoms with van der Waals surface area (Å²) in [4.78, 5) is 26.6. The minimum Gasteiger partial charge on any atom is -0.357 e. The summed E-state index contributed by atoms with van der Waals surface area (Å²) in [7, 11) is -2.10. The molecule has 0 aromatic heterocycles. The van der Waals surface area contributed by atoms with Crippen molar-refractivity contribution in [2.45, 2.75) is 46.2 Å². The molecule has 9 heteroatoms. The number of aryl methyl sites for hydroxylation is 2. The number of nitrogens with one attached hydrogen (secondary N) is 1. The molecule has 0 heterocycles. The SMILES string of the molecule is CNC(=O)C(C)N(Cc1ccccc1F)C(=O)CCCN(c1cc(C)ccc1C)S(C)(=O)=O. The predicted octanol–water partition coefficient (Wildman–Crippen LogP) is 3.15. The van der Waals surface area contributed by atoms with Crippen LogP contribution in [0.3, 0.4) is 0 Å². The Labute approximate surface area is 195 Å². The van der Waals surface area contributed by atoms with Crippen LogP contribution in [0.4, 0.5) is 10.1 Å². The molecular weight excluding hydrogens is 445 g/mol. The first kappa shape index (κ1) is 26.3. The summed E-state index contributed by atoms with van der Waals surface area (Å²) in [6.07, 6.45) is 1.38. The smallest absolute Gasteiger partial charge is 0.242 e. The Morgan fingerprint density at radius 1 is 1.12 bits per heavy atom. The maximum atomic E-state index is 14.2. The van der Waals surface area contributed by atoms with Gasteiger partial charge in [0.25, 0.3) is 0 Å².